The van der Waals surface area contributed by atoms with Crippen LogP contribution in [-0.4, -0.2) is 39.1 Å². The van der Waals surface area contributed by atoms with Crippen molar-refractivity contribution in [1.82, 2.24) is 10.6 Å². The van der Waals surface area contributed by atoms with Gasteiger partial charge in [-0.3, -0.25) is 14.9 Å². The van der Waals surface area contributed by atoms with E-state index in [2.05, 4.69) is 15.0 Å². The van der Waals surface area contributed by atoms with Crippen molar-refractivity contribution in [3.8, 4) is 10.4 Å². The van der Waals surface area contributed by atoms with Gasteiger partial charge in [-0.25, -0.2) is 9.00 Å². The first kappa shape index (κ1) is 19.1. The smallest absolute Gasteiger partial charge is 0.322 e. The van der Waals surface area contributed by atoms with Crippen LogP contribution in [0.5, 0.6) is 0 Å². The van der Waals surface area contributed by atoms with Crippen LogP contribution in [0.1, 0.15) is 22.5 Å². The molecular formula is C18H16ClN3O4S2. The molecule has 10 heteroatoms. The van der Waals surface area contributed by atoms with E-state index in [4.69, 9.17) is 11.6 Å². The van der Waals surface area contributed by atoms with Crippen LogP contribution >= 0.6 is 22.9 Å². The van der Waals surface area contributed by atoms with Crippen LogP contribution in [0.2, 0.25) is 5.02 Å². The Hall–Kier alpha value is -2.23. The minimum Gasteiger partial charge on any atom is -0.323 e. The number of benzene rings is 1. The van der Waals surface area contributed by atoms with Crippen molar-refractivity contribution in [2.24, 2.45) is 4.36 Å². The number of halogens is 1. The van der Waals surface area contributed by atoms with Crippen LogP contribution in [0.25, 0.3) is 10.4 Å². The molecule has 1 aromatic carbocycles. The zero-order chi connectivity index (χ0) is 19.9. The Bertz CT molecular complexity index is 1090. The molecule has 7 nitrogen and oxygen atoms in total. The normalized spacial score (nSPS) is 26.8. The summed E-state index contributed by atoms with van der Waals surface area (Å²) in [5.41, 5.74) is -0.0958. The second kappa shape index (κ2) is 6.98. The number of nitrogens with one attached hydrogen (secondary N) is 2. The number of hydrogen-bond donors (Lipinski definition) is 2. The van der Waals surface area contributed by atoms with Crippen molar-refractivity contribution in [2.45, 2.75) is 18.4 Å². The number of amides is 4. The highest BCUT2D eigenvalue weighted by atomic mass is 35.5. The van der Waals surface area contributed by atoms with Gasteiger partial charge in [0.2, 0.25) is 0 Å². The molecule has 3 heterocycles. The van der Waals surface area contributed by atoms with Gasteiger partial charge in [0.1, 0.15) is 5.54 Å². The van der Waals surface area contributed by atoms with Crippen molar-refractivity contribution in [3.05, 3.63) is 46.3 Å². The molecule has 2 aliphatic heterocycles. The predicted molar refractivity (Wildman–Crippen MR) is 108 cm³/mol. The van der Waals surface area contributed by atoms with Gasteiger partial charge in [-0.05, 0) is 42.7 Å². The maximum absolute atomic E-state index is 13.0. The first-order valence-electron chi connectivity index (χ1n) is 8.55. The van der Waals surface area contributed by atoms with E-state index in [0.29, 0.717) is 9.90 Å². The minimum absolute atomic E-state index is 0.0852. The summed E-state index contributed by atoms with van der Waals surface area (Å²) >= 11 is 7.17. The number of carbonyl (C=O) groups is 3. The lowest BCUT2D eigenvalue weighted by Gasteiger charge is -2.31. The summed E-state index contributed by atoms with van der Waals surface area (Å²) in [6, 6.07) is 10.2. The highest BCUT2D eigenvalue weighted by Gasteiger charge is 2.49. The fourth-order valence-electron chi connectivity index (χ4n) is 3.28. The molecule has 0 aliphatic carbocycles. The molecule has 4 amide bonds. The van der Waals surface area contributed by atoms with E-state index in [1.807, 2.05) is 18.2 Å². The zero-order valence-corrected chi connectivity index (χ0v) is 17.0. The summed E-state index contributed by atoms with van der Waals surface area (Å²) in [5, 5.41) is 5.45. The highest BCUT2D eigenvalue weighted by molar-refractivity contribution is 7.93. The molecule has 4 rings (SSSR count). The molecule has 0 saturated carbocycles. The van der Waals surface area contributed by atoms with Gasteiger partial charge in [0.15, 0.2) is 0 Å². The van der Waals surface area contributed by atoms with Crippen LogP contribution in [0.15, 0.2) is 40.8 Å². The average molecular weight is 438 g/mol. The van der Waals surface area contributed by atoms with E-state index in [1.165, 1.54) is 11.3 Å². The van der Waals surface area contributed by atoms with E-state index < -0.39 is 33.1 Å². The van der Waals surface area contributed by atoms with Gasteiger partial charge in [0, 0.05) is 21.4 Å². The first-order valence-corrected chi connectivity index (χ1v) is 11.6. The maximum atomic E-state index is 13.0. The Morgan fingerprint density at radius 1 is 1.11 bits per heavy atom. The number of carbonyl (C=O) groups excluding carboxylic acids is 3. The van der Waals surface area contributed by atoms with Gasteiger partial charge in [-0.15, -0.1) is 11.3 Å². The molecule has 146 valence electrons. The fourth-order valence-corrected chi connectivity index (χ4v) is 6.49. The molecule has 2 saturated heterocycles. The van der Waals surface area contributed by atoms with Crippen LogP contribution in [-0.2, 0) is 14.5 Å². The lowest BCUT2D eigenvalue weighted by atomic mass is 9.93. The van der Waals surface area contributed by atoms with Crippen LogP contribution in [0, 0.1) is 0 Å². The summed E-state index contributed by atoms with van der Waals surface area (Å²) in [6.45, 7) is 0. The van der Waals surface area contributed by atoms with Gasteiger partial charge in [-0.1, -0.05) is 23.7 Å². The van der Waals surface area contributed by atoms with Crippen molar-refractivity contribution in [2.75, 3.05) is 11.5 Å². The molecule has 2 N–H and O–H groups in total. The molecule has 0 radical (unpaired) electrons. The third kappa shape index (κ3) is 3.57. The monoisotopic (exact) mass is 437 g/mol. The second-order valence-electron chi connectivity index (χ2n) is 6.74. The Balaban J connectivity index is 1.51. The molecular weight excluding hydrogens is 422 g/mol. The zero-order valence-electron chi connectivity index (χ0n) is 14.6. The lowest BCUT2D eigenvalue weighted by molar-refractivity contribution is -0.124. The Labute approximate surface area is 170 Å². The first-order chi connectivity index (χ1) is 13.3. The molecule has 1 spiro atoms. The molecule has 28 heavy (non-hydrogen) atoms. The van der Waals surface area contributed by atoms with E-state index in [-0.39, 0.29) is 24.3 Å². The van der Waals surface area contributed by atoms with Crippen molar-refractivity contribution >= 4 is 50.5 Å². The molecule has 1 aromatic heterocycles. The number of thiophene rings is 1. The Morgan fingerprint density at radius 3 is 2.39 bits per heavy atom. The molecule has 2 aliphatic rings. The summed E-state index contributed by atoms with van der Waals surface area (Å²) in [7, 11) is -2.77. The van der Waals surface area contributed by atoms with Gasteiger partial charge in [0.05, 0.1) is 14.6 Å². The highest BCUT2D eigenvalue weighted by Crippen LogP contribution is 2.31. The fraction of sp³-hybridized carbons (Fsp3) is 0.278. The average Bonchev–Trinajstić information content (AvgIpc) is 3.24. The van der Waals surface area contributed by atoms with Crippen molar-refractivity contribution in [1.29, 1.82) is 0 Å². The maximum Gasteiger partial charge on any atom is 0.322 e. The topological polar surface area (TPSA) is 105 Å². The van der Waals surface area contributed by atoms with Crippen molar-refractivity contribution in [3.63, 3.8) is 0 Å². The van der Waals surface area contributed by atoms with E-state index in [9.17, 15) is 18.6 Å². The summed E-state index contributed by atoms with van der Waals surface area (Å²) in [4.78, 5) is 37.2. The summed E-state index contributed by atoms with van der Waals surface area (Å²) in [5.74, 6) is -0.758. The number of nitrogens with zero attached hydrogens (tertiary/aromatic N) is 1. The van der Waals surface area contributed by atoms with Crippen LogP contribution in [0.3, 0.4) is 0 Å². The summed E-state index contributed by atoms with van der Waals surface area (Å²) < 4.78 is 17.0. The Morgan fingerprint density at radius 2 is 1.79 bits per heavy atom. The summed E-state index contributed by atoms with van der Waals surface area (Å²) in [6.07, 6.45) is 0.390. The van der Waals surface area contributed by atoms with Gasteiger partial charge >= 0.3 is 6.03 Å². The number of hydrogen-bond acceptors (Lipinski definition) is 5. The Kier molecular flexibility index (Phi) is 4.76. The van der Waals surface area contributed by atoms with Crippen molar-refractivity contribution < 1.29 is 18.6 Å². The standard InChI is InChI=1S/C18H16ClN3O4S2/c19-12-3-1-11(2-4-12)13-5-6-14(27-13)15(23)22-28(26)9-7-18(8-10-28)16(24)20-17(25)21-18/h1-6H,7-10H2,(H2,20,21,24,25). The van der Waals surface area contributed by atoms with Crippen LogP contribution < -0.4 is 10.6 Å². The van der Waals surface area contributed by atoms with Gasteiger partial charge in [0.25, 0.3) is 11.8 Å². The lowest BCUT2D eigenvalue weighted by Crippen LogP contribution is -2.52. The molecule has 0 unspecified atom stereocenters. The third-order valence-electron chi connectivity index (χ3n) is 4.90. The number of rotatable bonds is 2. The number of urea groups is 1. The van der Waals surface area contributed by atoms with Gasteiger partial charge in [-0.2, -0.15) is 4.36 Å². The van der Waals surface area contributed by atoms with Gasteiger partial charge < -0.3 is 5.32 Å². The minimum atomic E-state index is -2.77. The predicted octanol–water partition coefficient (Wildman–Crippen LogP) is 3.05. The SMILES string of the molecule is O=C1NC(=O)C2(CCS(=O)(=NC(=O)c3ccc(-c4ccc(Cl)cc4)s3)CC2)N1. The molecule has 0 atom stereocenters. The molecule has 2 aromatic rings. The van der Waals surface area contributed by atoms with E-state index >= 15 is 0 Å². The van der Waals surface area contributed by atoms with E-state index in [0.717, 1.165) is 10.4 Å². The quantitative estimate of drug-likeness (QED) is 0.704. The van der Waals surface area contributed by atoms with E-state index in [1.54, 1.807) is 18.2 Å². The second-order valence-corrected chi connectivity index (χ2v) is 10.8. The number of imide groups is 1. The third-order valence-corrected chi connectivity index (χ3v) is 8.46. The van der Waals surface area contributed by atoms with Crippen LogP contribution in [0.4, 0.5) is 4.79 Å². The molecule has 2 fully saturated rings. The largest absolute Gasteiger partial charge is 0.323 e. The molecule has 0 bridgehead atoms.